The van der Waals surface area contributed by atoms with E-state index in [1.807, 2.05) is 0 Å². The Bertz CT molecular complexity index is 333. The van der Waals surface area contributed by atoms with Crippen molar-refractivity contribution in [2.45, 2.75) is 26.7 Å². The molecule has 0 unspecified atom stereocenters. The fraction of sp³-hybridized carbons (Fsp3) is 0.583. The molecule has 0 radical (unpaired) electrons. The second-order valence-electron chi connectivity index (χ2n) is 3.90. The van der Waals surface area contributed by atoms with Crippen LogP contribution in [0.3, 0.4) is 0 Å². The quantitative estimate of drug-likeness (QED) is 0.417. The molecule has 1 saturated carbocycles. The lowest BCUT2D eigenvalue weighted by atomic mass is 9.86. The number of ketones is 1. The van der Waals surface area contributed by atoms with Crippen molar-refractivity contribution < 1.29 is 23.9 Å². The fourth-order valence-corrected chi connectivity index (χ4v) is 1.83. The molecular weight excluding hydrogens is 224 g/mol. The number of rotatable bonds is 4. The van der Waals surface area contributed by atoms with Crippen LogP contribution in [-0.4, -0.2) is 30.9 Å². The zero-order chi connectivity index (χ0) is 13.1. The Morgan fingerprint density at radius 2 is 1.65 bits per heavy atom. The molecule has 1 rings (SSSR count). The maximum absolute atomic E-state index is 11.9. The van der Waals surface area contributed by atoms with Crippen LogP contribution in [0.4, 0.5) is 0 Å². The maximum atomic E-state index is 11.9. The summed E-state index contributed by atoms with van der Waals surface area (Å²) < 4.78 is 9.72. The minimum Gasteiger partial charge on any atom is -0.465 e. The van der Waals surface area contributed by atoms with Crippen LogP contribution in [0.1, 0.15) is 26.7 Å². The summed E-state index contributed by atoms with van der Waals surface area (Å²) in [5.74, 6) is -1.69. The van der Waals surface area contributed by atoms with Gasteiger partial charge in [0.2, 0.25) is 0 Å². The number of carbonyl (C=O) groups is 3. The van der Waals surface area contributed by atoms with Gasteiger partial charge >= 0.3 is 11.9 Å². The molecule has 1 fully saturated rings. The van der Waals surface area contributed by atoms with Crippen LogP contribution in [0.25, 0.3) is 0 Å². The Morgan fingerprint density at radius 3 is 1.94 bits per heavy atom. The van der Waals surface area contributed by atoms with E-state index in [1.165, 1.54) is 0 Å². The van der Waals surface area contributed by atoms with Crippen LogP contribution in [0.15, 0.2) is 12.2 Å². The van der Waals surface area contributed by atoms with Gasteiger partial charge in [-0.1, -0.05) is 6.58 Å². The smallest absolute Gasteiger partial charge is 0.324 e. The minimum absolute atomic E-state index is 0.0104. The van der Waals surface area contributed by atoms with Crippen LogP contribution in [-0.2, 0) is 23.9 Å². The fourth-order valence-electron chi connectivity index (χ4n) is 1.83. The van der Waals surface area contributed by atoms with Gasteiger partial charge in [0.15, 0.2) is 11.2 Å². The molecule has 0 aliphatic heterocycles. The number of esters is 2. The van der Waals surface area contributed by atoms with Gasteiger partial charge in [0.25, 0.3) is 0 Å². The van der Waals surface area contributed by atoms with Gasteiger partial charge in [-0.2, -0.15) is 0 Å². The predicted molar refractivity (Wildman–Crippen MR) is 59.1 cm³/mol. The number of Topliss-reactive ketones (excluding diaryl/α,β-unsaturated/α-hetero) is 1. The van der Waals surface area contributed by atoms with Gasteiger partial charge in [0.1, 0.15) is 0 Å². The zero-order valence-electron chi connectivity index (χ0n) is 10.1. The van der Waals surface area contributed by atoms with Crippen molar-refractivity contribution in [2.24, 2.45) is 5.41 Å². The summed E-state index contributed by atoms with van der Waals surface area (Å²) in [5.41, 5.74) is -1.24. The monoisotopic (exact) mass is 240 g/mol. The van der Waals surface area contributed by atoms with Crippen molar-refractivity contribution in [3.05, 3.63) is 12.2 Å². The second-order valence-corrected chi connectivity index (χ2v) is 3.90. The zero-order valence-corrected chi connectivity index (χ0v) is 10.1. The third-order valence-electron chi connectivity index (χ3n) is 2.70. The lowest BCUT2D eigenvalue weighted by Crippen LogP contribution is -2.40. The molecule has 17 heavy (non-hydrogen) atoms. The van der Waals surface area contributed by atoms with Crippen molar-refractivity contribution in [3.8, 4) is 0 Å². The first-order valence-electron chi connectivity index (χ1n) is 5.53. The number of ether oxygens (including phenoxy) is 2. The Kier molecular flexibility index (Phi) is 4.04. The van der Waals surface area contributed by atoms with Crippen LogP contribution >= 0.6 is 0 Å². The van der Waals surface area contributed by atoms with Gasteiger partial charge in [0, 0.05) is 12.8 Å². The van der Waals surface area contributed by atoms with Crippen LogP contribution in [0.2, 0.25) is 0 Å². The molecular formula is C12H16O5. The van der Waals surface area contributed by atoms with Gasteiger partial charge in [-0.05, 0) is 19.4 Å². The molecule has 0 N–H and O–H groups in total. The van der Waals surface area contributed by atoms with E-state index in [-0.39, 0.29) is 37.4 Å². The summed E-state index contributed by atoms with van der Waals surface area (Å²) in [7, 11) is 0. The molecule has 0 bridgehead atoms. The molecule has 1 aliphatic carbocycles. The van der Waals surface area contributed by atoms with E-state index in [4.69, 9.17) is 9.47 Å². The lowest BCUT2D eigenvalue weighted by Gasteiger charge is -2.22. The first kappa shape index (κ1) is 13.4. The molecule has 0 amide bonds. The Balaban J connectivity index is 3.02. The predicted octanol–water partition coefficient (Wildman–Crippen LogP) is 1.02. The van der Waals surface area contributed by atoms with E-state index >= 15 is 0 Å². The number of hydrogen-bond donors (Lipinski definition) is 0. The average Bonchev–Trinajstić information content (AvgIpc) is 2.57. The van der Waals surface area contributed by atoms with Crippen molar-refractivity contribution >= 4 is 17.7 Å². The molecule has 5 nitrogen and oxygen atoms in total. The first-order chi connectivity index (χ1) is 7.97. The van der Waals surface area contributed by atoms with Gasteiger partial charge in [0.05, 0.1) is 13.2 Å². The minimum atomic E-state index is -1.51. The normalized spacial score (nSPS) is 18.0. The molecule has 94 valence electrons. The molecule has 1 aliphatic rings. The summed E-state index contributed by atoms with van der Waals surface area (Å²) in [5, 5.41) is 0. The van der Waals surface area contributed by atoms with Crippen molar-refractivity contribution in [3.63, 3.8) is 0 Å². The average molecular weight is 240 g/mol. The van der Waals surface area contributed by atoms with E-state index in [0.717, 1.165) is 0 Å². The van der Waals surface area contributed by atoms with E-state index in [2.05, 4.69) is 6.58 Å². The van der Waals surface area contributed by atoms with Crippen molar-refractivity contribution in [1.82, 2.24) is 0 Å². The van der Waals surface area contributed by atoms with Gasteiger partial charge < -0.3 is 9.47 Å². The summed E-state index contributed by atoms with van der Waals surface area (Å²) >= 11 is 0. The third-order valence-corrected chi connectivity index (χ3v) is 2.70. The highest BCUT2D eigenvalue weighted by Crippen LogP contribution is 2.40. The van der Waals surface area contributed by atoms with E-state index in [0.29, 0.717) is 0 Å². The molecule has 0 saturated heterocycles. The highest BCUT2D eigenvalue weighted by Gasteiger charge is 2.55. The summed E-state index contributed by atoms with van der Waals surface area (Å²) in [4.78, 5) is 35.2. The summed E-state index contributed by atoms with van der Waals surface area (Å²) in [6, 6.07) is 0. The van der Waals surface area contributed by atoms with E-state index in [9.17, 15) is 14.4 Å². The Hall–Kier alpha value is -1.65. The van der Waals surface area contributed by atoms with Crippen LogP contribution < -0.4 is 0 Å². The van der Waals surface area contributed by atoms with E-state index < -0.39 is 17.4 Å². The standard InChI is InChI=1S/C12H16O5/c1-4-16-10(14)12(11(15)17-5-2)6-8(3)9(13)7-12/h3-7H2,1-2H3. The molecule has 0 aromatic carbocycles. The molecule has 0 spiro atoms. The van der Waals surface area contributed by atoms with Gasteiger partial charge in [-0.25, -0.2) is 0 Å². The number of carbonyl (C=O) groups excluding carboxylic acids is 3. The van der Waals surface area contributed by atoms with Gasteiger partial charge in [-0.15, -0.1) is 0 Å². The number of allylic oxidation sites excluding steroid dienone is 1. The Morgan fingerprint density at radius 1 is 1.18 bits per heavy atom. The molecule has 0 atom stereocenters. The highest BCUT2D eigenvalue weighted by molar-refractivity contribution is 6.12. The Labute approximate surface area is 99.8 Å². The SMILES string of the molecule is C=C1CC(C(=O)OCC)(C(=O)OCC)CC1=O. The second kappa shape index (κ2) is 5.12. The number of hydrogen-bond acceptors (Lipinski definition) is 5. The van der Waals surface area contributed by atoms with E-state index in [1.54, 1.807) is 13.8 Å². The van der Waals surface area contributed by atoms with Gasteiger partial charge in [-0.3, -0.25) is 14.4 Å². The van der Waals surface area contributed by atoms with Crippen molar-refractivity contribution in [2.75, 3.05) is 13.2 Å². The van der Waals surface area contributed by atoms with Crippen LogP contribution in [0.5, 0.6) is 0 Å². The topological polar surface area (TPSA) is 69.7 Å². The largest absolute Gasteiger partial charge is 0.465 e. The molecule has 0 aromatic rings. The van der Waals surface area contributed by atoms with Crippen molar-refractivity contribution in [1.29, 1.82) is 0 Å². The summed E-state index contributed by atoms with van der Waals surface area (Å²) in [6.45, 7) is 7.14. The first-order valence-corrected chi connectivity index (χ1v) is 5.53. The van der Waals surface area contributed by atoms with Crippen LogP contribution in [0, 0.1) is 5.41 Å². The molecule has 0 aromatic heterocycles. The third kappa shape index (κ3) is 2.38. The maximum Gasteiger partial charge on any atom is 0.324 e. The summed E-state index contributed by atoms with van der Waals surface area (Å²) in [6.07, 6.45) is -0.215. The highest BCUT2D eigenvalue weighted by atomic mass is 16.6. The lowest BCUT2D eigenvalue weighted by molar-refractivity contribution is -0.171. The molecule has 0 heterocycles. The molecule has 5 heteroatoms.